The average Bonchev–Trinajstić information content (AvgIpc) is 3.12. The fourth-order valence-corrected chi connectivity index (χ4v) is 3.98. The third kappa shape index (κ3) is 3.17. The van der Waals surface area contributed by atoms with Gasteiger partial charge >= 0.3 is 0 Å². The number of aromatic nitrogens is 1. The standard InChI is InChI=1S/C17H18N2S2/c1-3-10-19-15(16-5-4-11-20-16)12-21-17(19)18-14-8-6-13(2)7-9-14/h4-9,11-12H,3,10H2,1-2H3. The van der Waals surface area contributed by atoms with Crippen LogP contribution in [0.25, 0.3) is 10.6 Å². The molecule has 0 amide bonds. The van der Waals surface area contributed by atoms with Gasteiger partial charge in [0.05, 0.1) is 16.3 Å². The van der Waals surface area contributed by atoms with Crippen molar-refractivity contribution in [1.29, 1.82) is 0 Å². The van der Waals surface area contributed by atoms with Gasteiger partial charge in [0, 0.05) is 11.9 Å². The van der Waals surface area contributed by atoms with Crippen LogP contribution in [0.2, 0.25) is 0 Å². The number of aryl methyl sites for hydroxylation is 1. The maximum Gasteiger partial charge on any atom is 0.190 e. The zero-order chi connectivity index (χ0) is 14.7. The van der Waals surface area contributed by atoms with E-state index in [4.69, 9.17) is 4.99 Å². The molecular weight excluding hydrogens is 296 g/mol. The van der Waals surface area contributed by atoms with Crippen LogP contribution in [0.4, 0.5) is 5.69 Å². The first-order chi connectivity index (χ1) is 10.3. The van der Waals surface area contributed by atoms with Crippen molar-refractivity contribution < 1.29 is 0 Å². The molecule has 0 atom stereocenters. The molecule has 2 heterocycles. The zero-order valence-corrected chi connectivity index (χ0v) is 13.9. The fraction of sp³-hybridized carbons (Fsp3) is 0.235. The summed E-state index contributed by atoms with van der Waals surface area (Å²) < 4.78 is 2.33. The quantitative estimate of drug-likeness (QED) is 0.627. The van der Waals surface area contributed by atoms with Crippen molar-refractivity contribution in [3.63, 3.8) is 0 Å². The van der Waals surface area contributed by atoms with Crippen LogP contribution < -0.4 is 4.80 Å². The van der Waals surface area contributed by atoms with E-state index in [1.165, 1.54) is 16.1 Å². The first kappa shape index (κ1) is 14.3. The predicted molar refractivity (Wildman–Crippen MR) is 92.3 cm³/mol. The lowest BCUT2D eigenvalue weighted by Gasteiger charge is -2.05. The third-order valence-corrected chi connectivity index (χ3v) is 5.03. The van der Waals surface area contributed by atoms with Gasteiger partial charge < -0.3 is 4.57 Å². The van der Waals surface area contributed by atoms with E-state index in [0.717, 1.165) is 23.5 Å². The first-order valence-electron chi connectivity index (χ1n) is 7.11. The highest BCUT2D eigenvalue weighted by atomic mass is 32.1. The molecule has 0 fully saturated rings. The number of rotatable bonds is 4. The summed E-state index contributed by atoms with van der Waals surface area (Å²) in [6, 6.07) is 12.7. The van der Waals surface area contributed by atoms with E-state index in [9.17, 15) is 0 Å². The van der Waals surface area contributed by atoms with Crippen molar-refractivity contribution in [3.8, 4) is 10.6 Å². The zero-order valence-electron chi connectivity index (χ0n) is 12.2. The van der Waals surface area contributed by atoms with E-state index in [1.54, 1.807) is 22.7 Å². The van der Waals surface area contributed by atoms with Gasteiger partial charge in [-0.25, -0.2) is 4.99 Å². The lowest BCUT2D eigenvalue weighted by Crippen LogP contribution is -2.15. The van der Waals surface area contributed by atoms with Crippen LogP contribution in [0, 0.1) is 6.92 Å². The number of nitrogens with zero attached hydrogens (tertiary/aromatic N) is 2. The summed E-state index contributed by atoms with van der Waals surface area (Å²) in [5, 5.41) is 4.34. The Balaban J connectivity index is 2.08. The Morgan fingerprint density at radius 2 is 1.90 bits per heavy atom. The fourth-order valence-electron chi connectivity index (χ4n) is 2.21. The second-order valence-corrected chi connectivity index (χ2v) is 6.76. The van der Waals surface area contributed by atoms with Gasteiger partial charge in [-0.3, -0.25) is 0 Å². The molecule has 2 nitrogen and oxygen atoms in total. The molecule has 0 N–H and O–H groups in total. The number of hydrogen-bond acceptors (Lipinski definition) is 3. The van der Waals surface area contributed by atoms with Gasteiger partial charge in [0.2, 0.25) is 0 Å². The monoisotopic (exact) mass is 314 g/mol. The summed E-state index contributed by atoms with van der Waals surface area (Å²) in [6.45, 7) is 5.31. The topological polar surface area (TPSA) is 17.3 Å². The Hall–Kier alpha value is -1.65. The van der Waals surface area contributed by atoms with Gasteiger partial charge in [0.1, 0.15) is 0 Å². The van der Waals surface area contributed by atoms with Gasteiger partial charge in [0.15, 0.2) is 4.80 Å². The number of hydrogen-bond donors (Lipinski definition) is 0. The van der Waals surface area contributed by atoms with Crippen LogP contribution in [-0.4, -0.2) is 4.57 Å². The lowest BCUT2D eigenvalue weighted by atomic mass is 10.2. The van der Waals surface area contributed by atoms with Gasteiger partial charge in [-0.05, 0) is 36.9 Å². The molecule has 1 aromatic carbocycles. The molecular formula is C17H18N2S2. The predicted octanol–water partition coefficient (Wildman–Crippen LogP) is 5.23. The van der Waals surface area contributed by atoms with Crippen molar-refractivity contribution in [2.75, 3.05) is 0 Å². The first-order valence-corrected chi connectivity index (χ1v) is 8.87. The Kier molecular flexibility index (Phi) is 4.36. The average molecular weight is 314 g/mol. The van der Waals surface area contributed by atoms with Gasteiger partial charge in [-0.2, -0.15) is 0 Å². The van der Waals surface area contributed by atoms with E-state index >= 15 is 0 Å². The highest BCUT2D eigenvalue weighted by Gasteiger charge is 2.08. The highest BCUT2D eigenvalue weighted by molar-refractivity contribution is 7.14. The second-order valence-electron chi connectivity index (χ2n) is 4.98. The number of thiazole rings is 1. The molecule has 0 saturated heterocycles. The largest absolute Gasteiger partial charge is 0.316 e. The Labute approximate surface area is 133 Å². The molecule has 0 unspecified atom stereocenters. The summed E-state index contributed by atoms with van der Waals surface area (Å²) >= 11 is 3.50. The molecule has 108 valence electrons. The summed E-state index contributed by atoms with van der Waals surface area (Å²) in [7, 11) is 0. The molecule has 3 aromatic rings. The molecule has 0 saturated carbocycles. The van der Waals surface area contributed by atoms with E-state index < -0.39 is 0 Å². The SMILES string of the molecule is CCCn1c(-c2cccs2)csc1=Nc1ccc(C)cc1. The van der Waals surface area contributed by atoms with E-state index in [2.05, 4.69) is 65.6 Å². The smallest absolute Gasteiger partial charge is 0.190 e. The Bertz CT molecular complexity index is 762. The van der Waals surface area contributed by atoms with Gasteiger partial charge in [-0.1, -0.05) is 30.7 Å². The van der Waals surface area contributed by atoms with Crippen LogP contribution >= 0.6 is 22.7 Å². The number of benzene rings is 1. The Morgan fingerprint density at radius 1 is 1.10 bits per heavy atom. The van der Waals surface area contributed by atoms with Crippen molar-refractivity contribution in [3.05, 3.63) is 57.5 Å². The van der Waals surface area contributed by atoms with Crippen LogP contribution in [0.5, 0.6) is 0 Å². The van der Waals surface area contributed by atoms with Crippen LogP contribution in [0.1, 0.15) is 18.9 Å². The molecule has 0 radical (unpaired) electrons. The minimum absolute atomic E-state index is 1.00. The summed E-state index contributed by atoms with van der Waals surface area (Å²) in [5.41, 5.74) is 3.56. The van der Waals surface area contributed by atoms with Crippen molar-refractivity contribution in [2.45, 2.75) is 26.8 Å². The second kappa shape index (κ2) is 6.41. The van der Waals surface area contributed by atoms with Crippen molar-refractivity contribution in [1.82, 2.24) is 4.57 Å². The normalized spacial score (nSPS) is 12.0. The molecule has 2 aromatic heterocycles. The third-order valence-electron chi connectivity index (χ3n) is 3.28. The molecule has 0 bridgehead atoms. The molecule has 3 rings (SSSR count). The van der Waals surface area contributed by atoms with Gasteiger partial charge in [0.25, 0.3) is 0 Å². The minimum Gasteiger partial charge on any atom is -0.316 e. The summed E-state index contributed by atoms with van der Waals surface area (Å²) in [5.74, 6) is 0. The molecule has 0 aliphatic heterocycles. The number of thiophene rings is 1. The molecule has 0 aliphatic rings. The minimum atomic E-state index is 1.00. The van der Waals surface area contributed by atoms with Crippen molar-refractivity contribution in [2.24, 2.45) is 4.99 Å². The highest BCUT2D eigenvalue weighted by Crippen LogP contribution is 2.25. The summed E-state index contributed by atoms with van der Waals surface area (Å²) in [4.78, 5) is 7.20. The van der Waals surface area contributed by atoms with Crippen LogP contribution in [-0.2, 0) is 6.54 Å². The molecule has 0 aliphatic carbocycles. The van der Waals surface area contributed by atoms with E-state index in [-0.39, 0.29) is 0 Å². The van der Waals surface area contributed by atoms with E-state index in [0.29, 0.717) is 0 Å². The van der Waals surface area contributed by atoms with E-state index in [1.807, 2.05) is 0 Å². The maximum atomic E-state index is 4.82. The maximum absolute atomic E-state index is 4.82. The lowest BCUT2D eigenvalue weighted by molar-refractivity contribution is 0.668. The molecule has 0 spiro atoms. The van der Waals surface area contributed by atoms with Crippen LogP contribution in [0.3, 0.4) is 0 Å². The van der Waals surface area contributed by atoms with Crippen LogP contribution in [0.15, 0.2) is 52.2 Å². The summed E-state index contributed by atoms with van der Waals surface area (Å²) in [6.07, 6.45) is 1.11. The van der Waals surface area contributed by atoms with Gasteiger partial charge in [-0.15, -0.1) is 22.7 Å². The Morgan fingerprint density at radius 3 is 2.57 bits per heavy atom. The van der Waals surface area contributed by atoms with Crippen molar-refractivity contribution >= 4 is 28.4 Å². The molecule has 21 heavy (non-hydrogen) atoms. The molecule has 4 heteroatoms.